The fourth-order valence-corrected chi connectivity index (χ4v) is 1.93. The molecule has 1 aliphatic carbocycles. The van der Waals surface area contributed by atoms with Gasteiger partial charge in [-0.25, -0.2) is 0 Å². The third-order valence-corrected chi connectivity index (χ3v) is 2.51. The van der Waals surface area contributed by atoms with Crippen LogP contribution in [0.4, 0.5) is 0 Å². The van der Waals surface area contributed by atoms with Gasteiger partial charge in [0.2, 0.25) is 0 Å². The lowest BCUT2D eigenvalue weighted by Crippen LogP contribution is -2.41. The third kappa shape index (κ3) is 2.47. The molecule has 1 aliphatic rings. The fraction of sp³-hybridized carbons (Fsp3) is 0.800. The Morgan fingerprint density at radius 1 is 1.29 bits per heavy atom. The summed E-state index contributed by atoms with van der Waals surface area (Å²) in [7, 11) is 0. The summed E-state index contributed by atoms with van der Waals surface area (Å²) in [5.41, 5.74) is -0.627. The smallest absolute Gasteiger partial charge is 0.303 e. The van der Waals surface area contributed by atoms with Crippen molar-refractivity contribution in [1.29, 1.82) is 0 Å². The Bertz CT molecular complexity index is 249. The average Bonchev–Trinajstić information content (AvgIpc) is 2.29. The van der Waals surface area contributed by atoms with Crippen LogP contribution in [0.2, 0.25) is 0 Å². The van der Waals surface area contributed by atoms with Crippen molar-refractivity contribution in [3.8, 4) is 0 Å². The molecule has 0 heterocycles. The molecule has 0 radical (unpaired) electrons. The number of carbonyl (C=O) groups is 2. The molecular weight excluding hydrogens is 184 g/mol. The van der Waals surface area contributed by atoms with Gasteiger partial charge >= 0.3 is 11.9 Å². The lowest BCUT2D eigenvalue weighted by atomic mass is 10.0. The SMILES string of the molecule is CC(=O)O[C@H]1CCC[C@@]1(C)OC(C)=O. The van der Waals surface area contributed by atoms with E-state index in [0.717, 1.165) is 19.3 Å². The number of rotatable bonds is 2. The quantitative estimate of drug-likeness (QED) is 0.633. The predicted molar refractivity (Wildman–Crippen MR) is 49.6 cm³/mol. The van der Waals surface area contributed by atoms with E-state index in [2.05, 4.69) is 0 Å². The maximum atomic E-state index is 10.9. The van der Waals surface area contributed by atoms with Crippen LogP contribution in [0, 0.1) is 0 Å². The fourth-order valence-electron chi connectivity index (χ4n) is 1.93. The lowest BCUT2D eigenvalue weighted by molar-refractivity contribution is -0.176. The second kappa shape index (κ2) is 3.98. The Morgan fingerprint density at radius 3 is 2.43 bits per heavy atom. The standard InChI is InChI=1S/C10H16O4/c1-7(11)13-9-5-4-6-10(9,3)14-8(2)12/h9H,4-6H2,1-3H3/t9-,10+/m0/s1. The first kappa shape index (κ1) is 11.0. The van der Waals surface area contributed by atoms with E-state index >= 15 is 0 Å². The number of hydrogen-bond donors (Lipinski definition) is 0. The van der Waals surface area contributed by atoms with Crippen LogP contribution < -0.4 is 0 Å². The molecule has 0 aromatic carbocycles. The van der Waals surface area contributed by atoms with Crippen molar-refractivity contribution in [3.63, 3.8) is 0 Å². The van der Waals surface area contributed by atoms with Crippen LogP contribution in [0.25, 0.3) is 0 Å². The van der Waals surface area contributed by atoms with Gasteiger partial charge in [0.1, 0.15) is 11.7 Å². The van der Waals surface area contributed by atoms with Crippen molar-refractivity contribution >= 4 is 11.9 Å². The Morgan fingerprint density at radius 2 is 1.93 bits per heavy atom. The van der Waals surface area contributed by atoms with Gasteiger partial charge in [-0.05, 0) is 26.2 Å². The van der Waals surface area contributed by atoms with Crippen LogP contribution >= 0.6 is 0 Å². The van der Waals surface area contributed by atoms with E-state index in [1.165, 1.54) is 13.8 Å². The summed E-state index contributed by atoms with van der Waals surface area (Å²) >= 11 is 0. The molecule has 0 N–H and O–H groups in total. The molecule has 1 fully saturated rings. The summed E-state index contributed by atoms with van der Waals surface area (Å²) in [6.45, 7) is 4.55. The van der Waals surface area contributed by atoms with Gasteiger partial charge < -0.3 is 9.47 Å². The molecule has 0 bridgehead atoms. The Kier molecular flexibility index (Phi) is 3.13. The third-order valence-electron chi connectivity index (χ3n) is 2.51. The number of hydrogen-bond acceptors (Lipinski definition) is 4. The van der Waals surface area contributed by atoms with Gasteiger partial charge in [-0.1, -0.05) is 0 Å². The zero-order chi connectivity index (χ0) is 10.8. The van der Waals surface area contributed by atoms with Gasteiger partial charge in [0, 0.05) is 13.8 Å². The molecule has 1 saturated carbocycles. The molecule has 80 valence electrons. The lowest BCUT2D eigenvalue weighted by Gasteiger charge is -2.30. The van der Waals surface area contributed by atoms with Crippen LogP contribution in [0.1, 0.15) is 40.0 Å². The van der Waals surface area contributed by atoms with Gasteiger partial charge in [-0.2, -0.15) is 0 Å². The van der Waals surface area contributed by atoms with Crippen LogP contribution in [-0.2, 0) is 19.1 Å². The van der Waals surface area contributed by atoms with Crippen molar-refractivity contribution in [1.82, 2.24) is 0 Å². The van der Waals surface area contributed by atoms with Crippen molar-refractivity contribution in [2.24, 2.45) is 0 Å². The largest absolute Gasteiger partial charge is 0.458 e. The number of ether oxygens (including phenoxy) is 2. The summed E-state index contributed by atoms with van der Waals surface area (Å²) in [6, 6.07) is 0. The molecule has 0 unspecified atom stereocenters. The van der Waals surface area contributed by atoms with Crippen LogP contribution in [0.15, 0.2) is 0 Å². The predicted octanol–water partition coefficient (Wildman–Crippen LogP) is 1.42. The topological polar surface area (TPSA) is 52.6 Å². The van der Waals surface area contributed by atoms with Crippen LogP contribution in [0.5, 0.6) is 0 Å². The highest BCUT2D eigenvalue weighted by molar-refractivity contribution is 5.67. The van der Waals surface area contributed by atoms with E-state index in [4.69, 9.17) is 9.47 Å². The molecule has 14 heavy (non-hydrogen) atoms. The zero-order valence-corrected chi connectivity index (χ0v) is 8.83. The van der Waals surface area contributed by atoms with Gasteiger partial charge in [-0.3, -0.25) is 9.59 Å². The number of carbonyl (C=O) groups excluding carboxylic acids is 2. The van der Waals surface area contributed by atoms with E-state index in [0.29, 0.717) is 0 Å². The second-order valence-corrected chi connectivity index (χ2v) is 3.90. The molecule has 4 heteroatoms. The summed E-state index contributed by atoms with van der Waals surface area (Å²) in [5, 5.41) is 0. The highest BCUT2D eigenvalue weighted by atomic mass is 16.6. The van der Waals surface area contributed by atoms with E-state index in [1.54, 1.807) is 0 Å². The molecule has 1 rings (SSSR count). The molecule has 0 spiro atoms. The molecule has 0 aromatic rings. The van der Waals surface area contributed by atoms with Crippen LogP contribution in [-0.4, -0.2) is 23.6 Å². The molecule has 0 amide bonds. The first-order valence-corrected chi connectivity index (χ1v) is 4.81. The maximum Gasteiger partial charge on any atom is 0.303 e. The van der Waals surface area contributed by atoms with Crippen molar-refractivity contribution < 1.29 is 19.1 Å². The minimum atomic E-state index is -0.627. The van der Waals surface area contributed by atoms with Gasteiger partial charge in [0.15, 0.2) is 0 Å². The molecule has 0 saturated heterocycles. The summed E-state index contributed by atoms with van der Waals surface area (Å²) in [5.74, 6) is -0.651. The van der Waals surface area contributed by atoms with Gasteiger partial charge in [-0.15, -0.1) is 0 Å². The van der Waals surface area contributed by atoms with E-state index in [1.807, 2.05) is 6.92 Å². The summed E-state index contributed by atoms with van der Waals surface area (Å²) in [6.07, 6.45) is 2.15. The monoisotopic (exact) mass is 200 g/mol. The Balaban J connectivity index is 2.65. The molecule has 4 nitrogen and oxygen atoms in total. The van der Waals surface area contributed by atoms with Gasteiger partial charge in [0.25, 0.3) is 0 Å². The maximum absolute atomic E-state index is 10.9. The first-order chi connectivity index (χ1) is 6.44. The average molecular weight is 200 g/mol. The zero-order valence-electron chi connectivity index (χ0n) is 8.83. The summed E-state index contributed by atoms with van der Waals surface area (Å²) in [4.78, 5) is 21.7. The Labute approximate surface area is 83.6 Å². The van der Waals surface area contributed by atoms with Crippen molar-refractivity contribution in [3.05, 3.63) is 0 Å². The minimum absolute atomic E-state index is 0.288. The highest BCUT2D eigenvalue weighted by Gasteiger charge is 2.43. The molecule has 2 atom stereocenters. The van der Waals surface area contributed by atoms with E-state index in [-0.39, 0.29) is 18.0 Å². The van der Waals surface area contributed by atoms with Gasteiger partial charge in [0.05, 0.1) is 0 Å². The van der Waals surface area contributed by atoms with Crippen LogP contribution in [0.3, 0.4) is 0 Å². The Hall–Kier alpha value is -1.06. The molecule has 0 aliphatic heterocycles. The van der Waals surface area contributed by atoms with E-state index in [9.17, 15) is 9.59 Å². The van der Waals surface area contributed by atoms with Crippen molar-refractivity contribution in [2.75, 3.05) is 0 Å². The highest BCUT2D eigenvalue weighted by Crippen LogP contribution is 2.35. The molecular formula is C10H16O4. The second-order valence-electron chi connectivity index (χ2n) is 3.90. The first-order valence-electron chi connectivity index (χ1n) is 4.81. The summed E-state index contributed by atoms with van der Waals surface area (Å²) < 4.78 is 10.3. The van der Waals surface area contributed by atoms with Crippen molar-refractivity contribution in [2.45, 2.75) is 51.7 Å². The normalized spacial score (nSPS) is 31.2. The number of esters is 2. The van der Waals surface area contributed by atoms with E-state index < -0.39 is 5.60 Å². The minimum Gasteiger partial charge on any atom is -0.458 e. The molecule has 0 aromatic heterocycles.